The molecule has 4 rings (SSSR count). The second-order valence-corrected chi connectivity index (χ2v) is 7.97. The van der Waals surface area contributed by atoms with Crippen molar-refractivity contribution in [2.45, 2.75) is 12.5 Å². The lowest BCUT2D eigenvalue weighted by atomic mass is 10.0. The van der Waals surface area contributed by atoms with Crippen LogP contribution in [0.1, 0.15) is 34.1 Å². The normalized spacial score (nSPS) is 15.7. The number of carbonyl (C=O) groups excluding carboxylic acids is 2. The number of nitrogens with zero attached hydrogens (tertiary/aromatic N) is 2. The molecule has 0 N–H and O–H groups in total. The molecule has 1 aliphatic rings. The van der Waals surface area contributed by atoms with Gasteiger partial charge in [0.05, 0.1) is 17.5 Å². The molecule has 1 atom stereocenters. The van der Waals surface area contributed by atoms with E-state index in [0.717, 1.165) is 15.7 Å². The number of esters is 1. The molecule has 1 aliphatic heterocycles. The molecule has 0 unspecified atom stereocenters. The number of halogens is 2. The summed E-state index contributed by atoms with van der Waals surface area (Å²) in [5.41, 5.74) is 1.93. The van der Waals surface area contributed by atoms with Crippen molar-refractivity contribution in [2.75, 3.05) is 6.61 Å². The van der Waals surface area contributed by atoms with Crippen LogP contribution in [0.15, 0.2) is 80.9 Å². The minimum absolute atomic E-state index is 0.353. The summed E-state index contributed by atoms with van der Waals surface area (Å²) in [5, 5.41) is 6.42. The molecule has 152 valence electrons. The van der Waals surface area contributed by atoms with Crippen molar-refractivity contribution in [1.82, 2.24) is 5.01 Å². The van der Waals surface area contributed by atoms with Crippen LogP contribution in [0.5, 0.6) is 0 Å². The highest BCUT2D eigenvalue weighted by molar-refractivity contribution is 9.10. The Hall–Kier alpha value is -2.90. The van der Waals surface area contributed by atoms with Crippen molar-refractivity contribution in [3.8, 4) is 0 Å². The largest absolute Gasteiger partial charge is 0.467 e. The van der Waals surface area contributed by atoms with Gasteiger partial charge < -0.3 is 9.15 Å². The van der Waals surface area contributed by atoms with Gasteiger partial charge in [-0.2, -0.15) is 5.10 Å². The van der Waals surface area contributed by atoms with E-state index in [1.165, 1.54) is 5.01 Å². The second kappa shape index (κ2) is 8.85. The van der Waals surface area contributed by atoms with Crippen LogP contribution >= 0.6 is 27.5 Å². The Labute approximate surface area is 186 Å². The van der Waals surface area contributed by atoms with Gasteiger partial charge in [-0.15, -0.1) is 0 Å². The number of benzene rings is 2. The van der Waals surface area contributed by atoms with Crippen LogP contribution in [-0.4, -0.2) is 29.2 Å². The Morgan fingerprint density at radius 2 is 1.97 bits per heavy atom. The Kier molecular flexibility index (Phi) is 6.01. The first kappa shape index (κ1) is 20.4. The van der Waals surface area contributed by atoms with Gasteiger partial charge in [0.15, 0.2) is 6.61 Å². The van der Waals surface area contributed by atoms with Crippen molar-refractivity contribution in [3.63, 3.8) is 0 Å². The van der Waals surface area contributed by atoms with Gasteiger partial charge in [-0.25, -0.2) is 9.80 Å². The van der Waals surface area contributed by atoms with Crippen LogP contribution in [0.2, 0.25) is 5.02 Å². The molecule has 0 radical (unpaired) electrons. The quantitative estimate of drug-likeness (QED) is 0.462. The van der Waals surface area contributed by atoms with Crippen LogP contribution in [-0.2, 0) is 9.53 Å². The predicted octanol–water partition coefficient (Wildman–Crippen LogP) is 5.23. The Morgan fingerprint density at radius 1 is 1.17 bits per heavy atom. The number of hydrogen-bond acceptors (Lipinski definition) is 5. The highest BCUT2D eigenvalue weighted by atomic mass is 79.9. The van der Waals surface area contributed by atoms with Crippen molar-refractivity contribution in [1.29, 1.82) is 0 Å². The van der Waals surface area contributed by atoms with Gasteiger partial charge in [-0.05, 0) is 48.0 Å². The third-order valence-corrected chi connectivity index (χ3v) is 5.35. The van der Waals surface area contributed by atoms with E-state index in [1.807, 2.05) is 12.1 Å². The number of hydrogen-bond donors (Lipinski definition) is 0. The maximum atomic E-state index is 12.9. The summed E-state index contributed by atoms with van der Waals surface area (Å²) in [5.74, 6) is -0.418. The second-order valence-electron chi connectivity index (χ2n) is 6.61. The minimum atomic E-state index is -0.583. The van der Waals surface area contributed by atoms with Gasteiger partial charge in [0.1, 0.15) is 11.8 Å². The highest BCUT2D eigenvalue weighted by Gasteiger charge is 2.35. The molecule has 1 amide bonds. The van der Waals surface area contributed by atoms with Crippen molar-refractivity contribution in [3.05, 3.63) is 93.3 Å². The van der Waals surface area contributed by atoms with E-state index in [1.54, 1.807) is 54.8 Å². The van der Waals surface area contributed by atoms with Gasteiger partial charge in [0.25, 0.3) is 5.91 Å². The van der Waals surface area contributed by atoms with E-state index in [2.05, 4.69) is 21.0 Å². The monoisotopic (exact) mass is 486 g/mol. The molecule has 1 aromatic heterocycles. The molecule has 0 saturated carbocycles. The van der Waals surface area contributed by atoms with E-state index in [4.69, 9.17) is 20.8 Å². The SMILES string of the molecule is O=C(OCC(=O)N1N=C(c2ccc(Cl)cc2)C[C@H]1c1ccco1)c1cccc(Br)c1. The van der Waals surface area contributed by atoms with Crippen LogP contribution in [0, 0.1) is 0 Å². The van der Waals surface area contributed by atoms with Crippen molar-refractivity contribution < 1.29 is 18.7 Å². The molecule has 2 aromatic carbocycles. The van der Waals surface area contributed by atoms with Gasteiger partial charge >= 0.3 is 5.97 Å². The maximum Gasteiger partial charge on any atom is 0.338 e. The zero-order valence-corrected chi connectivity index (χ0v) is 18.0. The van der Waals surface area contributed by atoms with Gasteiger partial charge in [-0.1, -0.05) is 45.7 Å². The topological polar surface area (TPSA) is 72.1 Å². The number of furan rings is 1. The third-order valence-electron chi connectivity index (χ3n) is 4.60. The molecule has 0 spiro atoms. The number of ether oxygens (including phenoxy) is 1. The third kappa shape index (κ3) is 4.47. The lowest BCUT2D eigenvalue weighted by molar-refractivity contribution is -0.136. The van der Waals surface area contributed by atoms with Crippen LogP contribution in [0.25, 0.3) is 0 Å². The molecule has 6 nitrogen and oxygen atoms in total. The lowest BCUT2D eigenvalue weighted by Crippen LogP contribution is -2.31. The fourth-order valence-electron chi connectivity index (χ4n) is 3.15. The van der Waals surface area contributed by atoms with Crippen molar-refractivity contribution in [2.24, 2.45) is 5.10 Å². The zero-order chi connectivity index (χ0) is 21.1. The molecule has 0 bridgehead atoms. The van der Waals surface area contributed by atoms with Crippen LogP contribution in [0.3, 0.4) is 0 Å². The highest BCUT2D eigenvalue weighted by Crippen LogP contribution is 2.33. The summed E-state index contributed by atoms with van der Waals surface area (Å²) < 4.78 is 11.5. The summed E-state index contributed by atoms with van der Waals surface area (Å²) in [6.07, 6.45) is 2.02. The molecule has 2 heterocycles. The van der Waals surface area contributed by atoms with Crippen LogP contribution < -0.4 is 0 Å². The number of rotatable bonds is 5. The minimum Gasteiger partial charge on any atom is -0.467 e. The molecular weight excluding hydrogens is 472 g/mol. The number of hydrazone groups is 1. The maximum absolute atomic E-state index is 12.9. The molecular formula is C22H16BrClN2O4. The Bertz CT molecular complexity index is 1100. The molecule has 8 heteroatoms. The average molecular weight is 488 g/mol. The van der Waals surface area contributed by atoms with Gasteiger partial charge in [-0.3, -0.25) is 4.79 Å². The fraction of sp³-hybridized carbons (Fsp3) is 0.136. The first-order valence-electron chi connectivity index (χ1n) is 9.13. The summed E-state index contributed by atoms with van der Waals surface area (Å²) in [6.45, 7) is -0.431. The molecule has 0 fully saturated rings. The van der Waals surface area contributed by atoms with Gasteiger partial charge in [0, 0.05) is 15.9 Å². The molecule has 0 saturated heterocycles. The first-order chi connectivity index (χ1) is 14.5. The van der Waals surface area contributed by atoms with Crippen LogP contribution in [0.4, 0.5) is 0 Å². The Balaban J connectivity index is 1.51. The average Bonchev–Trinajstić information content (AvgIpc) is 3.42. The molecule has 3 aromatic rings. The smallest absolute Gasteiger partial charge is 0.338 e. The summed E-state index contributed by atoms with van der Waals surface area (Å²) in [7, 11) is 0. The van der Waals surface area contributed by atoms with E-state index in [-0.39, 0.29) is 0 Å². The fourth-order valence-corrected chi connectivity index (χ4v) is 3.68. The summed E-state index contributed by atoms with van der Waals surface area (Å²) >= 11 is 9.28. The van der Waals surface area contributed by atoms with E-state index in [0.29, 0.717) is 22.8 Å². The Morgan fingerprint density at radius 3 is 2.67 bits per heavy atom. The zero-order valence-electron chi connectivity index (χ0n) is 15.6. The van der Waals surface area contributed by atoms with E-state index < -0.39 is 24.5 Å². The summed E-state index contributed by atoms with van der Waals surface area (Å²) in [6, 6.07) is 17.1. The standard InChI is InChI=1S/C22H16BrClN2O4/c23-16-4-1-3-15(11-16)22(28)30-13-21(27)26-19(20-5-2-10-29-20)12-18(25-26)14-6-8-17(24)9-7-14/h1-11,19H,12-13H2/t19-/m0/s1. The molecule has 0 aliphatic carbocycles. The van der Waals surface area contributed by atoms with E-state index in [9.17, 15) is 9.59 Å². The number of amides is 1. The number of carbonyl (C=O) groups is 2. The first-order valence-corrected chi connectivity index (χ1v) is 10.3. The summed E-state index contributed by atoms with van der Waals surface area (Å²) in [4.78, 5) is 25.1. The predicted molar refractivity (Wildman–Crippen MR) is 115 cm³/mol. The van der Waals surface area contributed by atoms with E-state index >= 15 is 0 Å². The lowest BCUT2D eigenvalue weighted by Gasteiger charge is -2.19. The molecule has 30 heavy (non-hydrogen) atoms. The van der Waals surface area contributed by atoms with Crippen molar-refractivity contribution >= 4 is 45.1 Å². The van der Waals surface area contributed by atoms with Gasteiger partial charge in [0.2, 0.25) is 0 Å².